The van der Waals surface area contributed by atoms with Crippen molar-refractivity contribution in [3.8, 4) is 0 Å². The predicted octanol–water partition coefficient (Wildman–Crippen LogP) is 1.56. The molecular formula is C10H20O2. The van der Waals surface area contributed by atoms with E-state index in [4.69, 9.17) is 10.2 Å². The first-order valence-corrected chi connectivity index (χ1v) is 5.08. The maximum absolute atomic E-state index is 9.00. The zero-order valence-electron chi connectivity index (χ0n) is 7.71. The Morgan fingerprint density at radius 1 is 0.750 bits per heavy atom. The Morgan fingerprint density at radius 2 is 1.17 bits per heavy atom. The van der Waals surface area contributed by atoms with Gasteiger partial charge >= 0.3 is 0 Å². The van der Waals surface area contributed by atoms with Gasteiger partial charge in [-0.1, -0.05) is 12.8 Å². The van der Waals surface area contributed by atoms with Crippen LogP contribution in [0.2, 0.25) is 0 Å². The van der Waals surface area contributed by atoms with Crippen LogP contribution in [-0.2, 0) is 0 Å². The quantitative estimate of drug-likeness (QED) is 0.663. The minimum atomic E-state index is 0.331. The molecule has 0 heterocycles. The molecule has 1 fully saturated rings. The van der Waals surface area contributed by atoms with Gasteiger partial charge in [-0.2, -0.15) is 0 Å². The largest absolute Gasteiger partial charge is 0.396 e. The van der Waals surface area contributed by atoms with Gasteiger partial charge in [0.1, 0.15) is 0 Å². The van der Waals surface area contributed by atoms with Gasteiger partial charge in [-0.25, -0.2) is 0 Å². The van der Waals surface area contributed by atoms with Crippen molar-refractivity contribution < 1.29 is 10.2 Å². The van der Waals surface area contributed by atoms with Crippen molar-refractivity contribution in [2.24, 2.45) is 11.8 Å². The Bertz CT molecular complexity index is 100. The Balaban J connectivity index is 2.28. The van der Waals surface area contributed by atoms with Gasteiger partial charge in [-0.05, 0) is 37.5 Å². The van der Waals surface area contributed by atoms with E-state index in [-0.39, 0.29) is 0 Å². The Kier molecular flexibility index (Phi) is 4.62. The van der Waals surface area contributed by atoms with Crippen LogP contribution in [0.1, 0.15) is 38.5 Å². The molecular weight excluding hydrogens is 152 g/mol. The van der Waals surface area contributed by atoms with Crippen LogP contribution in [0.15, 0.2) is 0 Å². The third-order valence-corrected chi connectivity index (χ3v) is 2.97. The molecule has 0 aromatic heterocycles. The van der Waals surface area contributed by atoms with Gasteiger partial charge in [0.15, 0.2) is 0 Å². The SMILES string of the molecule is OCC1CCCCC(CO)CC1. The summed E-state index contributed by atoms with van der Waals surface area (Å²) >= 11 is 0. The van der Waals surface area contributed by atoms with Gasteiger partial charge in [0, 0.05) is 13.2 Å². The lowest BCUT2D eigenvalue weighted by Crippen LogP contribution is -2.15. The molecule has 2 unspecified atom stereocenters. The molecule has 1 aliphatic carbocycles. The van der Waals surface area contributed by atoms with Crippen LogP contribution < -0.4 is 0 Å². The van der Waals surface area contributed by atoms with E-state index in [1.54, 1.807) is 0 Å². The molecule has 0 aromatic rings. The van der Waals surface area contributed by atoms with Crippen molar-refractivity contribution in [2.75, 3.05) is 13.2 Å². The second-order valence-corrected chi connectivity index (χ2v) is 3.96. The molecule has 2 nitrogen and oxygen atoms in total. The highest BCUT2D eigenvalue weighted by Gasteiger charge is 2.15. The van der Waals surface area contributed by atoms with Gasteiger partial charge in [-0.15, -0.1) is 0 Å². The highest BCUT2D eigenvalue weighted by atomic mass is 16.3. The normalized spacial score (nSPS) is 32.5. The standard InChI is InChI=1S/C10H20O2/c11-7-9-3-1-2-4-10(8-12)6-5-9/h9-12H,1-8H2. The molecule has 2 heteroatoms. The first-order chi connectivity index (χ1) is 5.86. The molecule has 2 N–H and O–H groups in total. The topological polar surface area (TPSA) is 40.5 Å². The monoisotopic (exact) mass is 172 g/mol. The predicted molar refractivity (Wildman–Crippen MR) is 48.9 cm³/mol. The summed E-state index contributed by atoms with van der Waals surface area (Å²) in [5.41, 5.74) is 0. The summed E-state index contributed by atoms with van der Waals surface area (Å²) in [6, 6.07) is 0. The summed E-state index contributed by atoms with van der Waals surface area (Å²) in [4.78, 5) is 0. The third kappa shape index (κ3) is 3.11. The zero-order valence-corrected chi connectivity index (χ0v) is 7.71. The Morgan fingerprint density at radius 3 is 1.50 bits per heavy atom. The lowest BCUT2D eigenvalue weighted by atomic mass is 9.86. The second kappa shape index (κ2) is 5.55. The highest BCUT2D eigenvalue weighted by Crippen LogP contribution is 2.25. The van der Waals surface area contributed by atoms with E-state index in [1.165, 1.54) is 25.7 Å². The minimum Gasteiger partial charge on any atom is -0.396 e. The molecule has 12 heavy (non-hydrogen) atoms. The van der Waals surface area contributed by atoms with Crippen LogP contribution in [0.3, 0.4) is 0 Å². The molecule has 1 rings (SSSR count). The lowest BCUT2D eigenvalue weighted by Gasteiger charge is -2.22. The van der Waals surface area contributed by atoms with E-state index >= 15 is 0 Å². The molecule has 1 aliphatic rings. The zero-order chi connectivity index (χ0) is 8.81. The molecule has 0 radical (unpaired) electrons. The Labute approximate surface area is 74.6 Å². The lowest BCUT2D eigenvalue weighted by molar-refractivity contribution is 0.157. The number of hydrogen-bond donors (Lipinski definition) is 2. The number of aliphatic hydroxyl groups is 2. The van der Waals surface area contributed by atoms with Crippen LogP contribution in [-0.4, -0.2) is 23.4 Å². The molecule has 0 spiro atoms. The van der Waals surface area contributed by atoms with E-state index in [1.807, 2.05) is 0 Å². The summed E-state index contributed by atoms with van der Waals surface area (Å²) in [7, 11) is 0. The molecule has 72 valence electrons. The van der Waals surface area contributed by atoms with Crippen molar-refractivity contribution in [2.45, 2.75) is 38.5 Å². The van der Waals surface area contributed by atoms with E-state index in [9.17, 15) is 0 Å². The Hall–Kier alpha value is -0.0800. The number of aliphatic hydroxyl groups excluding tert-OH is 2. The van der Waals surface area contributed by atoms with Gasteiger partial charge in [0.05, 0.1) is 0 Å². The molecule has 0 saturated heterocycles. The van der Waals surface area contributed by atoms with E-state index in [0.29, 0.717) is 25.0 Å². The fourth-order valence-electron chi connectivity index (χ4n) is 1.99. The molecule has 0 aliphatic heterocycles. The fraction of sp³-hybridized carbons (Fsp3) is 1.00. The van der Waals surface area contributed by atoms with Crippen molar-refractivity contribution in [1.82, 2.24) is 0 Å². The third-order valence-electron chi connectivity index (χ3n) is 2.97. The van der Waals surface area contributed by atoms with Crippen LogP contribution in [0.4, 0.5) is 0 Å². The van der Waals surface area contributed by atoms with Crippen molar-refractivity contribution in [1.29, 1.82) is 0 Å². The smallest absolute Gasteiger partial charge is 0.0459 e. The molecule has 0 bridgehead atoms. The van der Waals surface area contributed by atoms with Crippen molar-refractivity contribution in [3.63, 3.8) is 0 Å². The molecule has 2 atom stereocenters. The fourth-order valence-corrected chi connectivity index (χ4v) is 1.99. The van der Waals surface area contributed by atoms with E-state index in [2.05, 4.69) is 0 Å². The van der Waals surface area contributed by atoms with Gasteiger partial charge in [-0.3, -0.25) is 0 Å². The van der Waals surface area contributed by atoms with Gasteiger partial charge in [0.25, 0.3) is 0 Å². The van der Waals surface area contributed by atoms with Crippen LogP contribution in [0, 0.1) is 11.8 Å². The summed E-state index contributed by atoms with van der Waals surface area (Å²) < 4.78 is 0. The van der Waals surface area contributed by atoms with E-state index < -0.39 is 0 Å². The van der Waals surface area contributed by atoms with E-state index in [0.717, 1.165) is 12.8 Å². The number of hydrogen-bond acceptors (Lipinski definition) is 2. The highest BCUT2D eigenvalue weighted by molar-refractivity contribution is 4.67. The average Bonchev–Trinajstić information content (AvgIpc) is 2.05. The van der Waals surface area contributed by atoms with Crippen LogP contribution in [0.5, 0.6) is 0 Å². The average molecular weight is 172 g/mol. The second-order valence-electron chi connectivity index (χ2n) is 3.96. The summed E-state index contributed by atoms with van der Waals surface area (Å²) in [6.45, 7) is 0.663. The van der Waals surface area contributed by atoms with Gasteiger partial charge < -0.3 is 10.2 Å². The first kappa shape index (κ1) is 10.0. The summed E-state index contributed by atoms with van der Waals surface area (Å²) in [6.07, 6.45) is 7.00. The number of rotatable bonds is 2. The van der Waals surface area contributed by atoms with Crippen molar-refractivity contribution >= 4 is 0 Å². The van der Waals surface area contributed by atoms with Gasteiger partial charge in [0.2, 0.25) is 0 Å². The van der Waals surface area contributed by atoms with Crippen molar-refractivity contribution in [3.05, 3.63) is 0 Å². The maximum Gasteiger partial charge on any atom is 0.0459 e. The first-order valence-electron chi connectivity index (χ1n) is 5.08. The van der Waals surface area contributed by atoms with Crippen LogP contribution in [0.25, 0.3) is 0 Å². The summed E-state index contributed by atoms with van der Waals surface area (Å²) in [5.74, 6) is 0.999. The van der Waals surface area contributed by atoms with Crippen LogP contribution >= 0.6 is 0 Å². The maximum atomic E-state index is 9.00. The molecule has 1 saturated carbocycles. The minimum absolute atomic E-state index is 0.331. The molecule has 0 aromatic carbocycles. The molecule has 0 amide bonds. The summed E-state index contributed by atoms with van der Waals surface area (Å²) in [5, 5.41) is 18.0.